The second-order valence-electron chi connectivity index (χ2n) is 7.05. The molecule has 0 spiro atoms. The van der Waals surface area contributed by atoms with Crippen LogP contribution in [0.15, 0.2) is 59.5 Å². The summed E-state index contributed by atoms with van der Waals surface area (Å²) in [5.74, 6) is -0.299. The summed E-state index contributed by atoms with van der Waals surface area (Å²) in [6.45, 7) is 5.37. The smallest absolute Gasteiger partial charge is 0.252 e. The van der Waals surface area contributed by atoms with E-state index >= 15 is 0 Å². The molecule has 0 radical (unpaired) electrons. The highest BCUT2D eigenvalue weighted by atomic mass is 32.2. The molecule has 1 N–H and O–H groups in total. The second kappa shape index (κ2) is 8.43. The first kappa shape index (κ1) is 20.5. The fourth-order valence-corrected chi connectivity index (χ4v) is 4.68. The normalized spacial score (nSPS) is 17.6. The van der Waals surface area contributed by atoms with Gasteiger partial charge >= 0.3 is 0 Å². The summed E-state index contributed by atoms with van der Waals surface area (Å²) in [5.41, 5.74) is 0.783. The molecule has 1 saturated heterocycles. The largest absolute Gasteiger partial charge is 0.379 e. The lowest BCUT2D eigenvalue weighted by Crippen LogP contribution is -2.43. The third-order valence-corrected chi connectivity index (χ3v) is 7.11. The van der Waals surface area contributed by atoms with Crippen LogP contribution in [0, 0.1) is 0 Å². The number of morpholine rings is 1. The molecule has 0 aliphatic carbocycles. The van der Waals surface area contributed by atoms with Crippen LogP contribution in [0.5, 0.6) is 0 Å². The van der Waals surface area contributed by atoms with Crippen molar-refractivity contribution in [1.82, 2.24) is 9.62 Å². The predicted molar refractivity (Wildman–Crippen MR) is 108 cm³/mol. The Morgan fingerprint density at radius 2 is 1.79 bits per heavy atom. The molecule has 1 heterocycles. The Morgan fingerprint density at radius 1 is 1.11 bits per heavy atom. The molecular formula is C21H26N2O4S. The van der Waals surface area contributed by atoms with E-state index in [0.29, 0.717) is 38.3 Å². The number of hydrogen-bond donors (Lipinski definition) is 1. The fraction of sp³-hybridized carbons (Fsp3) is 0.381. The molecule has 1 amide bonds. The summed E-state index contributed by atoms with van der Waals surface area (Å²) in [6.07, 6.45) is 0.703. The Balaban J connectivity index is 1.84. The Kier molecular flexibility index (Phi) is 6.17. The van der Waals surface area contributed by atoms with Gasteiger partial charge in [-0.1, -0.05) is 43.3 Å². The van der Waals surface area contributed by atoms with Gasteiger partial charge in [0.25, 0.3) is 5.91 Å². The van der Waals surface area contributed by atoms with E-state index in [2.05, 4.69) is 5.32 Å². The van der Waals surface area contributed by atoms with Crippen LogP contribution < -0.4 is 5.32 Å². The van der Waals surface area contributed by atoms with E-state index in [-0.39, 0.29) is 10.8 Å². The maximum absolute atomic E-state index is 12.9. The van der Waals surface area contributed by atoms with Crippen LogP contribution in [-0.4, -0.2) is 44.9 Å². The fourth-order valence-electron chi connectivity index (χ4n) is 3.23. The molecule has 2 aromatic rings. The maximum atomic E-state index is 12.9. The van der Waals surface area contributed by atoms with Crippen LogP contribution >= 0.6 is 0 Å². The molecule has 28 heavy (non-hydrogen) atoms. The molecular weight excluding hydrogens is 376 g/mol. The van der Waals surface area contributed by atoms with E-state index in [1.165, 1.54) is 16.4 Å². The van der Waals surface area contributed by atoms with Crippen LogP contribution in [0.3, 0.4) is 0 Å². The highest BCUT2D eigenvalue weighted by molar-refractivity contribution is 7.89. The summed E-state index contributed by atoms with van der Waals surface area (Å²) >= 11 is 0. The van der Waals surface area contributed by atoms with E-state index in [4.69, 9.17) is 4.74 Å². The van der Waals surface area contributed by atoms with Gasteiger partial charge in [-0.15, -0.1) is 0 Å². The van der Waals surface area contributed by atoms with E-state index in [1.54, 1.807) is 12.1 Å². The number of carbonyl (C=O) groups excluding carboxylic acids is 1. The van der Waals surface area contributed by atoms with E-state index in [0.717, 1.165) is 5.56 Å². The first-order valence-electron chi connectivity index (χ1n) is 9.43. The van der Waals surface area contributed by atoms with Crippen LogP contribution in [-0.2, 0) is 20.3 Å². The number of hydrogen-bond acceptors (Lipinski definition) is 4. The SMILES string of the molecule is CCC(C)(NC(=O)c1cccc(S(=O)(=O)N2CCOCC2)c1)c1ccccc1. The number of amides is 1. The summed E-state index contributed by atoms with van der Waals surface area (Å²) in [4.78, 5) is 13.0. The molecule has 7 heteroatoms. The lowest BCUT2D eigenvalue weighted by atomic mass is 9.89. The van der Waals surface area contributed by atoms with Gasteiger partial charge in [-0.3, -0.25) is 4.79 Å². The molecule has 1 fully saturated rings. The molecule has 6 nitrogen and oxygen atoms in total. The van der Waals surface area contributed by atoms with Gasteiger partial charge < -0.3 is 10.1 Å². The van der Waals surface area contributed by atoms with Gasteiger partial charge in [0.1, 0.15) is 0 Å². The van der Waals surface area contributed by atoms with Crippen molar-refractivity contribution in [3.05, 3.63) is 65.7 Å². The molecule has 1 unspecified atom stereocenters. The highest BCUT2D eigenvalue weighted by Crippen LogP contribution is 2.25. The van der Waals surface area contributed by atoms with Gasteiger partial charge in [0.2, 0.25) is 10.0 Å². The first-order chi connectivity index (χ1) is 13.4. The molecule has 150 valence electrons. The number of nitrogens with zero attached hydrogens (tertiary/aromatic N) is 1. The van der Waals surface area contributed by atoms with Crippen molar-refractivity contribution in [3.8, 4) is 0 Å². The molecule has 0 saturated carbocycles. The van der Waals surface area contributed by atoms with Crippen LogP contribution in [0.25, 0.3) is 0 Å². The molecule has 1 atom stereocenters. The molecule has 1 aliphatic heterocycles. The number of sulfonamides is 1. The van der Waals surface area contributed by atoms with Gasteiger partial charge in [-0.2, -0.15) is 4.31 Å². The first-order valence-corrected chi connectivity index (χ1v) is 10.9. The van der Waals surface area contributed by atoms with Crippen LogP contribution in [0.2, 0.25) is 0 Å². The standard InChI is InChI=1S/C21H26N2O4S/c1-3-21(2,18-9-5-4-6-10-18)22-20(24)17-8-7-11-19(16-17)28(25,26)23-12-14-27-15-13-23/h4-11,16H,3,12-15H2,1-2H3,(H,22,24). The van der Waals surface area contributed by atoms with Crippen molar-refractivity contribution >= 4 is 15.9 Å². The van der Waals surface area contributed by atoms with Crippen molar-refractivity contribution in [2.24, 2.45) is 0 Å². The number of carbonyl (C=O) groups is 1. The van der Waals surface area contributed by atoms with Crippen LogP contribution in [0.1, 0.15) is 36.2 Å². The quantitative estimate of drug-likeness (QED) is 0.806. The Morgan fingerprint density at radius 3 is 2.43 bits per heavy atom. The third-order valence-electron chi connectivity index (χ3n) is 5.21. The van der Waals surface area contributed by atoms with Crippen LogP contribution in [0.4, 0.5) is 0 Å². The lowest BCUT2D eigenvalue weighted by Gasteiger charge is -2.30. The Bertz CT molecular complexity index is 924. The van der Waals surface area contributed by atoms with Crippen molar-refractivity contribution < 1.29 is 17.9 Å². The van der Waals surface area contributed by atoms with E-state index in [9.17, 15) is 13.2 Å². The monoisotopic (exact) mass is 402 g/mol. The molecule has 0 bridgehead atoms. The number of rotatable bonds is 6. The molecule has 1 aliphatic rings. The zero-order valence-corrected chi connectivity index (χ0v) is 17.0. The average molecular weight is 403 g/mol. The third kappa shape index (κ3) is 4.27. The molecule has 3 rings (SSSR count). The number of ether oxygens (including phenoxy) is 1. The molecule has 2 aromatic carbocycles. The predicted octanol–water partition coefficient (Wildman–Crippen LogP) is 2.76. The summed E-state index contributed by atoms with van der Waals surface area (Å²) in [7, 11) is -3.65. The highest BCUT2D eigenvalue weighted by Gasteiger charge is 2.29. The van der Waals surface area contributed by atoms with Crippen molar-refractivity contribution in [3.63, 3.8) is 0 Å². The Labute approximate surface area is 166 Å². The Hall–Kier alpha value is -2.22. The maximum Gasteiger partial charge on any atom is 0.252 e. The zero-order chi connectivity index (χ0) is 20.2. The van der Waals surface area contributed by atoms with Crippen molar-refractivity contribution in [2.45, 2.75) is 30.7 Å². The number of nitrogens with one attached hydrogen (secondary N) is 1. The summed E-state index contributed by atoms with van der Waals surface area (Å²) in [5, 5.41) is 3.07. The van der Waals surface area contributed by atoms with Gasteiger partial charge in [0.05, 0.1) is 23.6 Å². The summed E-state index contributed by atoms with van der Waals surface area (Å²) in [6, 6.07) is 16.0. The minimum atomic E-state index is -3.65. The average Bonchev–Trinajstić information content (AvgIpc) is 2.75. The summed E-state index contributed by atoms with van der Waals surface area (Å²) < 4.78 is 32.4. The van der Waals surface area contributed by atoms with Gasteiger partial charge in [0.15, 0.2) is 0 Å². The molecule has 0 aromatic heterocycles. The van der Waals surface area contributed by atoms with E-state index < -0.39 is 15.6 Å². The zero-order valence-electron chi connectivity index (χ0n) is 16.2. The van der Waals surface area contributed by atoms with Crippen molar-refractivity contribution in [1.29, 1.82) is 0 Å². The second-order valence-corrected chi connectivity index (χ2v) is 8.99. The van der Waals surface area contributed by atoms with Gasteiger partial charge in [-0.25, -0.2) is 8.42 Å². The minimum Gasteiger partial charge on any atom is -0.379 e. The van der Waals surface area contributed by atoms with Gasteiger partial charge in [0, 0.05) is 18.7 Å². The lowest BCUT2D eigenvalue weighted by molar-refractivity contribution is 0.0730. The number of benzene rings is 2. The van der Waals surface area contributed by atoms with E-state index in [1.807, 2.05) is 44.2 Å². The van der Waals surface area contributed by atoms with Crippen molar-refractivity contribution in [2.75, 3.05) is 26.3 Å². The van der Waals surface area contributed by atoms with Gasteiger partial charge in [-0.05, 0) is 37.1 Å². The topological polar surface area (TPSA) is 75.7 Å². The minimum absolute atomic E-state index is 0.125.